The predicted molar refractivity (Wildman–Crippen MR) is 143 cm³/mol. The molecule has 198 valence electrons. The summed E-state index contributed by atoms with van der Waals surface area (Å²) in [7, 11) is 0. The van der Waals surface area contributed by atoms with Crippen LogP contribution in [0.1, 0.15) is 68.5 Å². The minimum atomic E-state index is -1.10. The Hall–Kier alpha value is -2.91. The Morgan fingerprint density at radius 2 is 1.92 bits per heavy atom. The van der Waals surface area contributed by atoms with E-state index in [-0.39, 0.29) is 23.6 Å². The van der Waals surface area contributed by atoms with Crippen LogP contribution in [0.25, 0.3) is 10.6 Å². The molecule has 0 amide bonds. The van der Waals surface area contributed by atoms with E-state index in [4.69, 9.17) is 9.72 Å². The SMILES string of the molecule is CCCCOC(=O)C1CCC([C@](C)(O)c2ncc(-c3cc(C)cc(Nc4cc(C)c(F)cn4)n3)s2)CC1. The summed E-state index contributed by atoms with van der Waals surface area (Å²) >= 11 is 1.43. The maximum absolute atomic E-state index is 13.6. The van der Waals surface area contributed by atoms with Gasteiger partial charge in [-0.15, -0.1) is 11.3 Å². The number of nitrogens with one attached hydrogen (secondary N) is 1. The van der Waals surface area contributed by atoms with E-state index in [1.165, 1.54) is 17.5 Å². The van der Waals surface area contributed by atoms with Crippen molar-refractivity contribution in [2.75, 3.05) is 11.9 Å². The van der Waals surface area contributed by atoms with Gasteiger partial charge in [0.05, 0.1) is 29.3 Å². The molecule has 1 aliphatic rings. The summed E-state index contributed by atoms with van der Waals surface area (Å²) in [5.74, 6) is 0.580. The smallest absolute Gasteiger partial charge is 0.308 e. The van der Waals surface area contributed by atoms with Gasteiger partial charge in [-0.2, -0.15) is 0 Å². The fourth-order valence-electron chi connectivity index (χ4n) is 4.72. The second-order valence-corrected chi connectivity index (χ2v) is 11.1. The molecule has 0 unspecified atom stereocenters. The molecule has 0 radical (unpaired) electrons. The molecular formula is C28H35FN4O3S. The van der Waals surface area contributed by atoms with Gasteiger partial charge < -0.3 is 15.2 Å². The molecule has 1 atom stereocenters. The van der Waals surface area contributed by atoms with Crippen molar-refractivity contribution < 1.29 is 19.0 Å². The topological polar surface area (TPSA) is 97.2 Å². The second kappa shape index (κ2) is 11.6. The lowest BCUT2D eigenvalue weighted by atomic mass is 9.74. The minimum Gasteiger partial charge on any atom is -0.465 e. The number of hydrogen-bond acceptors (Lipinski definition) is 8. The number of esters is 1. The van der Waals surface area contributed by atoms with E-state index >= 15 is 0 Å². The van der Waals surface area contributed by atoms with E-state index in [1.54, 1.807) is 19.2 Å². The lowest BCUT2D eigenvalue weighted by Crippen LogP contribution is -2.36. The maximum Gasteiger partial charge on any atom is 0.308 e. The first-order valence-electron chi connectivity index (χ1n) is 12.9. The van der Waals surface area contributed by atoms with Crippen molar-refractivity contribution in [1.82, 2.24) is 15.0 Å². The van der Waals surface area contributed by atoms with Gasteiger partial charge in [0.15, 0.2) is 0 Å². The van der Waals surface area contributed by atoms with Gasteiger partial charge in [-0.3, -0.25) is 4.79 Å². The summed E-state index contributed by atoms with van der Waals surface area (Å²) in [5, 5.41) is 15.3. The van der Waals surface area contributed by atoms with Crippen LogP contribution < -0.4 is 5.32 Å². The number of anilines is 2. The summed E-state index contributed by atoms with van der Waals surface area (Å²) in [4.78, 5) is 26.6. The van der Waals surface area contributed by atoms with Gasteiger partial charge in [-0.1, -0.05) is 13.3 Å². The summed E-state index contributed by atoms with van der Waals surface area (Å²) in [6, 6.07) is 5.50. The number of unbranched alkanes of at least 4 members (excludes halogenated alkanes) is 1. The minimum absolute atomic E-state index is 0.0154. The number of nitrogens with zero attached hydrogens (tertiary/aromatic N) is 3. The number of pyridine rings is 2. The van der Waals surface area contributed by atoms with Crippen molar-refractivity contribution in [3.63, 3.8) is 0 Å². The Balaban J connectivity index is 1.44. The van der Waals surface area contributed by atoms with Crippen LogP contribution in [0.2, 0.25) is 0 Å². The zero-order valence-electron chi connectivity index (χ0n) is 21.9. The van der Waals surface area contributed by atoms with Crippen LogP contribution in [-0.4, -0.2) is 32.6 Å². The molecule has 0 bridgehead atoms. The van der Waals surface area contributed by atoms with Crippen LogP contribution in [0, 0.1) is 31.5 Å². The van der Waals surface area contributed by atoms with E-state index < -0.39 is 5.60 Å². The largest absolute Gasteiger partial charge is 0.465 e. The fourth-order valence-corrected chi connectivity index (χ4v) is 5.73. The number of carbonyl (C=O) groups excluding carboxylic acids is 1. The number of ether oxygens (including phenoxy) is 1. The van der Waals surface area contributed by atoms with Crippen LogP contribution in [0.15, 0.2) is 30.6 Å². The van der Waals surface area contributed by atoms with Crippen LogP contribution in [0.3, 0.4) is 0 Å². The van der Waals surface area contributed by atoms with Crippen molar-refractivity contribution in [1.29, 1.82) is 0 Å². The molecule has 3 heterocycles. The van der Waals surface area contributed by atoms with E-state index in [0.29, 0.717) is 28.8 Å². The number of rotatable bonds is 9. The van der Waals surface area contributed by atoms with E-state index in [2.05, 4.69) is 22.2 Å². The zero-order chi connectivity index (χ0) is 26.6. The summed E-state index contributed by atoms with van der Waals surface area (Å²) in [5.41, 5.74) is 1.14. The molecule has 3 aromatic heterocycles. The van der Waals surface area contributed by atoms with E-state index in [9.17, 15) is 14.3 Å². The number of aryl methyl sites for hydroxylation is 2. The zero-order valence-corrected chi connectivity index (χ0v) is 22.7. The van der Waals surface area contributed by atoms with Gasteiger partial charge in [0.1, 0.15) is 28.1 Å². The first-order chi connectivity index (χ1) is 17.7. The highest BCUT2D eigenvalue weighted by Crippen LogP contribution is 2.43. The molecular weight excluding hydrogens is 491 g/mol. The summed E-state index contributed by atoms with van der Waals surface area (Å²) in [6.07, 6.45) is 7.75. The van der Waals surface area contributed by atoms with Crippen LogP contribution >= 0.6 is 11.3 Å². The predicted octanol–water partition coefficient (Wildman–Crippen LogP) is 6.46. The van der Waals surface area contributed by atoms with Crippen molar-refractivity contribution in [3.8, 4) is 10.6 Å². The van der Waals surface area contributed by atoms with Crippen LogP contribution in [-0.2, 0) is 15.1 Å². The maximum atomic E-state index is 13.6. The van der Waals surface area contributed by atoms with E-state index in [0.717, 1.165) is 54.7 Å². The number of carbonyl (C=O) groups is 1. The first kappa shape index (κ1) is 27.1. The van der Waals surface area contributed by atoms with Crippen molar-refractivity contribution >= 4 is 28.9 Å². The van der Waals surface area contributed by atoms with Gasteiger partial charge in [-0.05, 0) is 88.1 Å². The van der Waals surface area contributed by atoms with Crippen LogP contribution in [0.4, 0.5) is 16.0 Å². The monoisotopic (exact) mass is 526 g/mol. The molecule has 0 aromatic carbocycles. The molecule has 7 nitrogen and oxygen atoms in total. The molecule has 3 aromatic rings. The highest BCUT2D eigenvalue weighted by Gasteiger charge is 2.40. The molecule has 1 saturated carbocycles. The Morgan fingerprint density at radius 3 is 2.62 bits per heavy atom. The summed E-state index contributed by atoms with van der Waals surface area (Å²) in [6.45, 7) is 8.04. The number of halogens is 1. The molecule has 0 saturated heterocycles. The third kappa shape index (κ3) is 6.51. The molecule has 37 heavy (non-hydrogen) atoms. The number of hydrogen-bond donors (Lipinski definition) is 2. The third-order valence-electron chi connectivity index (χ3n) is 7.06. The van der Waals surface area contributed by atoms with Gasteiger partial charge in [-0.25, -0.2) is 19.3 Å². The normalized spacial score (nSPS) is 19.3. The number of thiazole rings is 1. The lowest BCUT2D eigenvalue weighted by molar-refractivity contribution is -0.151. The van der Waals surface area contributed by atoms with Crippen molar-refractivity contribution in [2.45, 2.75) is 71.8 Å². The van der Waals surface area contributed by atoms with Gasteiger partial charge in [0.2, 0.25) is 0 Å². The van der Waals surface area contributed by atoms with E-state index in [1.807, 2.05) is 26.0 Å². The molecule has 2 N–H and O–H groups in total. The van der Waals surface area contributed by atoms with Gasteiger partial charge >= 0.3 is 5.97 Å². The molecule has 0 spiro atoms. The lowest BCUT2D eigenvalue weighted by Gasteiger charge is -2.36. The summed E-state index contributed by atoms with van der Waals surface area (Å²) < 4.78 is 19.0. The highest BCUT2D eigenvalue weighted by molar-refractivity contribution is 7.15. The standard InChI is InChI=1S/C28H35FN4O3S/c1-5-6-11-36-26(34)19-7-9-20(10-8-19)28(4,35)27-31-16-23(37-27)22-12-17(2)13-25(32-22)33-24-14-18(3)21(29)15-30-24/h12-16,19-20,35H,5-11H2,1-4H3,(H,30,32,33)/t19?,20?,28-/m0/s1. The average molecular weight is 527 g/mol. The van der Waals surface area contributed by atoms with Gasteiger partial charge in [0, 0.05) is 6.20 Å². The molecule has 4 rings (SSSR count). The van der Waals surface area contributed by atoms with Crippen LogP contribution in [0.5, 0.6) is 0 Å². The Bertz CT molecular complexity index is 1240. The molecule has 9 heteroatoms. The quantitative estimate of drug-likeness (QED) is 0.244. The Morgan fingerprint density at radius 1 is 1.16 bits per heavy atom. The number of aromatic nitrogens is 3. The highest BCUT2D eigenvalue weighted by atomic mass is 32.1. The van der Waals surface area contributed by atoms with Gasteiger partial charge in [0.25, 0.3) is 0 Å². The molecule has 1 fully saturated rings. The second-order valence-electron chi connectivity index (χ2n) is 10.1. The fraction of sp³-hybridized carbons (Fsp3) is 0.500. The van der Waals surface area contributed by atoms with Crippen molar-refractivity contribution in [2.24, 2.45) is 11.8 Å². The molecule has 1 aliphatic carbocycles. The average Bonchev–Trinajstić information content (AvgIpc) is 3.38. The third-order valence-corrected chi connectivity index (χ3v) is 8.31. The molecule has 0 aliphatic heterocycles. The first-order valence-corrected chi connectivity index (χ1v) is 13.7. The number of aliphatic hydroxyl groups is 1. The Labute approximate surface area is 221 Å². The van der Waals surface area contributed by atoms with Crippen molar-refractivity contribution in [3.05, 3.63) is 52.5 Å². The Kier molecular flexibility index (Phi) is 8.54.